The first-order chi connectivity index (χ1) is 9.63. The molecule has 4 unspecified atom stereocenters. The van der Waals surface area contributed by atoms with Gasteiger partial charge in [0.25, 0.3) is 0 Å². The van der Waals surface area contributed by atoms with Crippen LogP contribution in [0.4, 0.5) is 0 Å². The molecule has 0 radical (unpaired) electrons. The molecule has 1 heterocycles. The molecule has 2 nitrogen and oxygen atoms in total. The Bertz CT molecular complexity index is 395. The first-order valence-corrected chi connectivity index (χ1v) is 8.80. The van der Waals surface area contributed by atoms with Gasteiger partial charge in [0.1, 0.15) is 0 Å². The van der Waals surface area contributed by atoms with Gasteiger partial charge in [-0.25, -0.2) is 0 Å². The maximum atomic E-state index is 6.09. The van der Waals surface area contributed by atoms with Crippen molar-refractivity contribution in [1.82, 2.24) is 4.90 Å². The molecule has 1 aromatic rings. The van der Waals surface area contributed by atoms with Crippen molar-refractivity contribution in [3.63, 3.8) is 0 Å². The Balaban J connectivity index is 2.01. The standard InChI is InChI=1S/C17H28N2S/c1-13(16-7-5-4-6-8-16)11-17(12-18)19-9-10-20-15(3)14(19)2/h4-8,13-15,17H,9-12,18H2,1-3H3. The Kier molecular flexibility index (Phi) is 5.94. The molecule has 0 spiro atoms. The van der Waals surface area contributed by atoms with Crippen molar-refractivity contribution in [1.29, 1.82) is 0 Å². The van der Waals surface area contributed by atoms with Crippen LogP contribution in [0.15, 0.2) is 30.3 Å². The third-order valence-electron chi connectivity index (χ3n) is 4.67. The van der Waals surface area contributed by atoms with Crippen molar-refractivity contribution in [3.8, 4) is 0 Å². The van der Waals surface area contributed by atoms with Gasteiger partial charge < -0.3 is 5.73 Å². The van der Waals surface area contributed by atoms with Gasteiger partial charge in [-0.3, -0.25) is 4.90 Å². The maximum Gasteiger partial charge on any atom is 0.0227 e. The van der Waals surface area contributed by atoms with E-state index < -0.39 is 0 Å². The Morgan fingerprint density at radius 3 is 2.65 bits per heavy atom. The van der Waals surface area contributed by atoms with Crippen LogP contribution in [-0.2, 0) is 0 Å². The van der Waals surface area contributed by atoms with Crippen LogP contribution in [0.5, 0.6) is 0 Å². The molecule has 0 aromatic heterocycles. The summed E-state index contributed by atoms with van der Waals surface area (Å²) in [6.07, 6.45) is 1.16. The monoisotopic (exact) mass is 292 g/mol. The van der Waals surface area contributed by atoms with E-state index in [9.17, 15) is 0 Å². The van der Waals surface area contributed by atoms with Crippen molar-refractivity contribution >= 4 is 11.8 Å². The smallest absolute Gasteiger partial charge is 0.0227 e. The minimum absolute atomic E-state index is 0.503. The van der Waals surface area contributed by atoms with Crippen molar-refractivity contribution in [2.45, 2.75) is 50.4 Å². The molecule has 0 saturated carbocycles. The average molecular weight is 292 g/mol. The van der Waals surface area contributed by atoms with Gasteiger partial charge in [0, 0.05) is 36.2 Å². The lowest BCUT2D eigenvalue weighted by molar-refractivity contribution is 0.138. The number of thioether (sulfide) groups is 1. The zero-order valence-corrected chi connectivity index (χ0v) is 13.8. The van der Waals surface area contributed by atoms with Crippen LogP contribution in [0.25, 0.3) is 0 Å². The first kappa shape index (κ1) is 15.9. The van der Waals surface area contributed by atoms with Gasteiger partial charge >= 0.3 is 0 Å². The van der Waals surface area contributed by atoms with Crippen LogP contribution in [0.3, 0.4) is 0 Å². The molecular weight excluding hydrogens is 264 g/mol. The van der Waals surface area contributed by atoms with Crippen LogP contribution >= 0.6 is 11.8 Å². The fourth-order valence-corrected chi connectivity index (χ4v) is 4.29. The highest BCUT2D eigenvalue weighted by Crippen LogP contribution is 2.29. The van der Waals surface area contributed by atoms with E-state index in [0.717, 1.165) is 13.0 Å². The predicted molar refractivity (Wildman–Crippen MR) is 90.4 cm³/mol. The van der Waals surface area contributed by atoms with Gasteiger partial charge in [0.05, 0.1) is 0 Å². The molecule has 1 aliphatic heterocycles. The third-order valence-corrected chi connectivity index (χ3v) is 6.01. The van der Waals surface area contributed by atoms with Crippen molar-refractivity contribution in [2.75, 3.05) is 18.8 Å². The van der Waals surface area contributed by atoms with Crippen LogP contribution in [0.1, 0.15) is 38.7 Å². The fourth-order valence-electron chi connectivity index (χ4n) is 3.16. The van der Waals surface area contributed by atoms with E-state index >= 15 is 0 Å². The predicted octanol–water partition coefficient (Wildman–Crippen LogP) is 3.33. The lowest BCUT2D eigenvalue weighted by atomic mass is 9.92. The number of nitrogens with two attached hydrogens (primary N) is 1. The Morgan fingerprint density at radius 2 is 2.00 bits per heavy atom. The average Bonchev–Trinajstić information content (AvgIpc) is 2.48. The number of hydrogen-bond donors (Lipinski definition) is 1. The Hall–Kier alpha value is -0.510. The summed E-state index contributed by atoms with van der Waals surface area (Å²) in [5.74, 6) is 1.81. The van der Waals surface area contributed by atoms with Gasteiger partial charge in [-0.2, -0.15) is 11.8 Å². The van der Waals surface area contributed by atoms with Gasteiger partial charge in [-0.05, 0) is 24.8 Å². The molecule has 1 fully saturated rings. The molecule has 2 N–H and O–H groups in total. The summed E-state index contributed by atoms with van der Waals surface area (Å²) in [7, 11) is 0. The zero-order valence-electron chi connectivity index (χ0n) is 13.0. The van der Waals surface area contributed by atoms with E-state index in [2.05, 4.69) is 67.8 Å². The molecule has 3 heteroatoms. The highest BCUT2D eigenvalue weighted by atomic mass is 32.2. The zero-order chi connectivity index (χ0) is 14.5. The summed E-state index contributed by atoms with van der Waals surface area (Å²) in [6.45, 7) is 8.96. The van der Waals surface area contributed by atoms with E-state index in [1.807, 2.05) is 0 Å². The Labute approximate surface area is 128 Å². The number of rotatable bonds is 5. The van der Waals surface area contributed by atoms with Gasteiger partial charge in [-0.1, -0.05) is 44.2 Å². The maximum absolute atomic E-state index is 6.09. The molecule has 112 valence electrons. The van der Waals surface area contributed by atoms with Crippen molar-refractivity contribution in [2.24, 2.45) is 5.73 Å². The lowest BCUT2D eigenvalue weighted by Crippen LogP contribution is -2.52. The van der Waals surface area contributed by atoms with E-state index in [0.29, 0.717) is 23.3 Å². The SMILES string of the molecule is CC(CC(CN)N1CCSC(C)C1C)c1ccccc1. The van der Waals surface area contributed by atoms with Crippen molar-refractivity contribution < 1.29 is 0 Å². The molecule has 0 bridgehead atoms. The van der Waals surface area contributed by atoms with E-state index in [1.54, 1.807) is 0 Å². The largest absolute Gasteiger partial charge is 0.329 e. The molecule has 2 rings (SSSR count). The normalized spacial score (nSPS) is 27.2. The Morgan fingerprint density at radius 1 is 1.30 bits per heavy atom. The first-order valence-electron chi connectivity index (χ1n) is 7.75. The highest BCUT2D eigenvalue weighted by Gasteiger charge is 2.30. The molecule has 1 saturated heterocycles. The summed E-state index contributed by atoms with van der Waals surface area (Å²) in [5, 5.41) is 0.713. The number of nitrogens with zero attached hydrogens (tertiary/aromatic N) is 1. The van der Waals surface area contributed by atoms with Crippen LogP contribution < -0.4 is 5.73 Å². The summed E-state index contributed by atoms with van der Waals surface area (Å²) in [5.41, 5.74) is 7.52. The van der Waals surface area contributed by atoms with E-state index in [1.165, 1.54) is 17.9 Å². The molecular formula is C17H28N2S. The second-order valence-electron chi connectivity index (χ2n) is 5.99. The van der Waals surface area contributed by atoms with Crippen molar-refractivity contribution in [3.05, 3.63) is 35.9 Å². The van der Waals surface area contributed by atoms with Crippen LogP contribution in [0.2, 0.25) is 0 Å². The molecule has 0 amide bonds. The molecule has 1 aromatic carbocycles. The fraction of sp³-hybridized carbons (Fsp3) is 0.647. The van der Waals surface area contributed by atoms with Gasteiger partial charge in [0.15, 0.2) is 0 Å². The third kappa shape index (κ3) is 3.78. The number of benzene rings is 1. The molecule has 20 heavy (non-hydrogen) atoms. The topological polar surface area (TPSA) is 29.3 Å². The van der Waals surface area contributed by atoms with E-state index in [-0.39, 0.29) is 0 Å². The summed E-state index contributed by atoms with van der Waals surface area (Å²) < 4.78 is 0. The van der Waals surface area contributed by atoms with Gasteiger partial charge in [0.2, 0.25) is 0 Å². The summed E-state index contributed by atoms with van der Waals surface area (Å²) >= 11 is 2.09. The lowest BCUT2D eigenvalue weighted by Gasteiger charge is -2.43. The molecule has 0 aliphatic carbocycles. The van der Waals surface area contributed by atoms with Crippen LogP contribution in [-0.4, -0.2) is 41.1 Å². The van der Waals surface area contributed by atoms with E-state index in [4.69, 9.17) is 5.73 Å². The second-order valence-corrected chi connectivity index (χ2v) is 7.48. The van der Waals surface area contributed by atoms with Gasteiger partial charge in [-0.15, -0.1) is 0 Å². The highest BCUT2D eigenvalue weighted by molar-refractivity contribution is 8.00. The minimum Gasteiger partial charge on any atom is -0.329 e. The minimum atomic E-state index is 0.503. The quantitative estimate of drug-likeness (QED) is 0.902. The summed E-state index contributed by atoms with van der Waals surface area (Å²) in [4.78, 5) is 2.64. The molecule has 1 aliphatic rings. The second kappa shape index (κ2) is 7.48. The molecule has 4 atom stereocenters. The number of hydrogen-bond acceptors (Lipinski definition) is 3. The summed E-state index contributed by atoms with van der Waals surface area (Å²) in [6, 6.07) is 11.9. The van der Waals surface area contributed by atoms with Crippen LogP contribution in [0, 0.1) is 0 Å².